The molecule has 3 aromatic carbocycles. The number of nitriles is 1. The van der Waals surface area contributed by atoms with E-state index in [1.165, 1.54) is 11.1 Å². The van der Waals surface area contributed by atoms with Gasteiger partial charge in [0.25, 0.3) is 0 Å². The Labute approximate surface area is 184 Å². The molecule has 0 aromatic heterocycles. The minimum Gasteiger partial charge on any atom is -0.493 e. The lowest BCUT2D eigenvalue weighted by Crippen LogP contribution is -2.37. The van der Waals surface area contributed by atoms with Crippen LogP contribution in [-0.2, 0) is 11.8 Å². The lowest BCUT2D eigenvalue weighted by atomic mass is 9.66. The first-order chi connectivity index (χ1) is 15.2. The van der Waals surface area contributed by atoms with Gasteiger partial charge in [0.1, 0.15) is 11.2 Å². The van der Waals surface area contributed by atoms with E-state index in [0.29, 0.717) is 6.04 Å². The van der Waals surface area contributed by atoms with E-state index < -0.39 is 5.41 Å². The zero-order chi connectivity index (χ0) is 21.3. The fraction of sp³-hybridized carbons (Fsp3) is 0.321. The number of hydrogen-bond donors (Lipinski definition) is 0. The van der Waals surface area contributed by atoms with Crippen molar-refractivity contribution in [3.63, 3.8) is 0 Å². The maximum absolute atomic E-state index is 10.6. The van der Waals surface area contributed by atoms with Crippen molar-refractivity contribution < 1.29 is 4.74 Å². The van der Waals surface area contributed by atoms with Crippen LogP contribution in [0.25, 0.3) is 0 Å². The van der Waals surface area contributed by atoms with Crippen molar-refractivity contribution in [1.82, 2.24) is 4.90 Å². The van der Waals surface area contributed by atoms with E-state index in [1.54, 1.807) is 0 Å². The van der Waals surface area contributed by atoms with Crippen LogP contribution in [0.1, 0.15) is 41.6 Å². The maximum Gasteiger partial charge on any atom is 0.122 e. The van der Waals surface area contributed by atoms with Crippen LogP contribution in [0.2, 0.25) is 0 Å². The largest absolute Gasteiger partial charge is 0.493 e. The van der Waals surface area contributed by atoms with Crippen LogP contribution in [0, 0.1) is 17.2 Å². The summed E-state index contributed by atoms with van der Waals surface area (Å²) in [6.45, 7) is 4.99. The molecule has 2 aliphatic heterocycles. The summed E-state index contributed by atoms with van der Waals surface area (Å²) in [5, 5.41) is 10.6. The zero-order valence-corrected chi connectivity index (χ0v) is 18.0. The van der Waals surface area contributed by atoms with E-state index in [1.807, 2.05) is 36.4 Å². The molecule has 1 unspecified atom stereocenters. The molecule has 3 heteroatoms. The fourth-order valence-electron chi connectivity index (χ4n) is 5.43. The molecule has 0 bridgehead atoms. The van der Waals surface area contributed by atoms with Crippen molar-refractivity contribution in [3.8, 4) is 11.8 Å². The lowest BCUT2D eigenvalue weighted by molar-refractivity contribution is 0.242. The highest BCUT2D eigenvalue weighted by atomic mass is 16.5. The van der Waals surface area contributed by atoms with Crippen LogP contribution in [0.5, 0.6) is 5.75 Å². The molecule has 3 nitrogen and oxygen atoms in total. The first-order valence-electron chi connectivity index (χ1n) is 11.2. The van der Waals surface area contributed by atoms with Crippen LogP contribution in [0.15, 0.2) is 78.9 Å². The Kier molecular flexibility index (Phi) is 5.26. The highest BCUT2D eigenvalue weighted by molar-refractivity contribution is 5.47. The van der Waals surface area contributed by atoms with E-state index in [4.69, 9.17) is 4.74 Å². The Morgan fingerprint density at radius 2 is 1.68 bits per heavy atom. The third-order valence-corrected chi connectivity index (χ3v) is 7.21. The van der Waals surface area contributed by atoms with Crippen molar-refractivity contribution in [2.75, 3.05) is 19.7 Å². The van der Waals surface area contributed by atoms with Gasteiger partial charge in [0.05, 0.1) is 12.7 Å². The molecule has 0 aliphatic carbocycles. The summed E-state index contributed by atoms with van der Waals surface area (Å²) >= 11 is 0. The second-order valence-electron chi connectivity index (χ2n) is 8.77. The summed E-state index contributed by atoms with van der Waals surface area (Å²) in [7, 11) is 0. The van der Waals surface area contributed by atoms with Gasteiger partial charge in [-0.2, -0.15) is 5.26 Å². The molecule has 156 valence electrons. The summed E-state index contributed by atoms with van der Waals surface area (Å²) < 4.78 is 5.68. The number of rotatable bonds is 5. The van der Waals surface area contributed by atoms with Gasteiger partial charge in [-0.05, 0) is 54.1 Å². The highest BCUT2D eigenvalue weighted by Gasteiger charge is 2.46. The van der Waals surface area contributed by atoms with E-state index in [9.17, 15) is 5.26 Å². The molecule has 0 amide bonds. The van der Waals surface area contributed by atoms with Crippen molar-refractivity contribution in [3.05, 3.63) is 101 Å². The second kappa shape index (κ2) is 8.21. The maximum atomic E-state index is 10.6. The summed E-state index contributed by atoms with van der Waals surface area (Å²) in [5.74, 6) is 1.27. The summed E-state index contributed by atoms with van der Waals surface area (Å²) in [6, 6.07) is 30.4. The quantitative estimate of drug-likeness (QED) is 0.558. The second-order valence-corrected chi connectivity index (χ2v) is 8.77. The standard InChI is InChI=1S/C28H28N2O/c1-21(22-12-13-27-23(18-22)15-17-31-27)30-16-14-26(19-30)28(20-29,24-8-4-2-5-9-24)25-10-6-3-7-11-25/h2-13,18,21,26H,14-17,19H2,1H3/t21?,26-/m1/s1. The van der Waals surface area contributed by atoms with Crippen LogP contribution in [0.3, 0.4) is 0 Å². The van der Waals surface area contributed by atoms with Crippen LogP contribution in [0.4, 0.5) is 0 Å². The molecular weight excluding hydrogens is 380 g/mol. The fourth-order valence-corrected chi connectivity index (χ4v) is 5.43. The molecule has 0 saturated carbocycles. The lowest BCUT2D eigenvalue weighted by Gasteiger charge is -2.35. The van der Waals surface area contributed by atoms with E-state index in [0.717, 1.165) is 49.4 Å². The highest BCUT2D eigenvalue weighted by Crippen LogP contribution is 2.44. The van der Waals surface area contributed by atoms with Crippen LogP contribution in [-0.4, -0.2) is 24.6 Å². The van der Waals surface area contributed by atoms with Crippen LogP contribution >= 0.6 is 0 Å². The number of nitrogens with zero attached hydrogens (tertiary/aromatic N) is 2. The average molecular weight is 409 g/mol. The van der Waals surface area contributed by atoms with Gasteiger partial charge >= 0.3 is 0 Å². The topological polar surface area (TPSA) is 36.3 Å². The third-order valence-electron chi connectivity index (χ3n) is 7.21. The predicted octanol–water partition coefficient (Wildman–Crippen LogP) is 5.51. The van der Waals surface area contributed by atoms with Gasteiger partial charge in [-0.25, -0.2) is 0 Å². The molecule has 1 fully saturated rings. The molecule has 2 heterocycles. The van der Waals surface area contributed by atoms with Gasteiger partial charge < -0.3 is 4.74 Å². The minimum absolute atomic E-state index is 0.238. The predicted molar refractivity (Wildman–Crippen MR) is 123 cm³/mol. The Hall–Kier alpha value is -3.09. The average Bonchev–Trinajstić information content (AvgIpc) is 3.51. The van der Waals surface area contributed by atoms with E-state index in [-0.39, 0.29) is 5.92 Å². The minimum atomic E-state index is -0.636. The Morgan fingerprint density at radius 3 is 2.32 bits per heavy atom. The zero-order valence-electron chi connectivity index (χ0n) is 18.0. The first kappa shape index (κ1) is 19.8. The molecule has 31 heavy (non-hydrogen) atoms. The molecule has 5 rings (SSSR count). The normalized spacial score (nSPS) is 19.4. The smallest absolute Gasteiger partial charge is 0.122 e. The Bertz CT molecular complexity index is 1050. The molecular formula is C28H28N2O. The summed E-state index contributed by atoms with van der Waals surface area (Å²) in [5.41, 5.74) is 4.21. The number of fused-ring (bicyclic) bond motifs is 1. The van der Waals surface area contributed by atoms with E-state index >= 15 is 0 Å². The molecule has 1 saturated heterocycles. The van der Waals surface area contributed by atoms with Gasteiger partial charge in [-0.3, -0.25) is 4.90 Å². The Morgan fingerprint density at radius 1 is 1.00 bits per heavy atom. The van der Waals surface area contributed by atoms with Crippen molar-refractivity contribution in [2.24, 2.45) is 5.92 Å². The number of hydrogen-bond acceptors (Lipinski definition) is 3. The van der Waals surface area contributed by atoms with Gasteiger partial charge in [0.15, 0.2) is 0 Å². The third kappa shape index (κ3) is 3.42. The van der Waals surface area contributed by atoms with Gasteiger partial charge in [-0.15, -0.1) is 0 Å². The molecule has 0 radical (unpaired) electrons. The first-order valence-corrected chi connectivity index (χ1v) is 11.2. The van der Waals surface area contributed by atoms with Gasteiger partial charge in [0.2, 0.25) is 0 Å². The van der Waals surface area contributed by atoms with Crippen molar-refractivity contribution >= 4 is 0 Å². The van der Waals surface area contributed by atoms with Crippen molar-refractivity contribution in [1.29, 1.82) is 5.26 Å². The van der Waals surface area contributed by atoms with Gasteiger partial charge in [0, 0.05) is 19.0 Å². The monoisotopic (exact) mass is 408 g/mol. The molecule has 2 aliphatic rings. The van der Waals surface area contributed by atoms with Crippen LogP contribution < -0.4 is 4.74 Å². The van der Waals surface area contributed by atoms with Crippen molar-refractivity contribution in [2.45, 2.75) is 31.2 Å². The number of likely N-dealkylation sites (tertiary alicyclic amines) is 1. The van der Waals surface area contributed by atoms with E-state index in [2.05, 4.69) is 60.4 Å². The molecule has 3 aromatic rings. The number of ether oxygens (including phenoxy) is 1. The summed E-state index contributed by atoms with van der Waals surface area (Å²) in [6.07, 6.45) is 2.01. The SMILES string of the molecule is CC(c1ccc2c(c1)CCO2)N1CC[C@@H](C(C#N)(c2ccccc2)c2ccccc2)C1. The molecule has 2 atom stereocenters. The number of benzene rings is 3. The molecule has 0 N–H and O–H groups in total. The Balaban J connectivity index is 1.46. The summed E-state index contributed by atoms with van der Waals surface area (Å²) in [4.78, 5) is 2.54. The molecule has 0 spiro atoms. The van der Waals surface area contributed by atoms with Gasteiger partial charge in [-0.1, -0.05) is 72.8 Å².